The van der Waals surface area contributed by atoms with E-state index in [1.165, 1.54) is 0 Å². The Bertz CT molecular complexity index is 1070. The van der Waals surface area contributed by atoms with Crippen molar-refractivity contribution in [3.05, 3.63) is 75.8 Å². The van der Waals surface area contributed by atoms with Gasteiger partial charge in [0, 0.05) is 12.6 Å². The van der Waals surface area contributed by atoms with E-state index in [9.17, 15) is 5.26 Å². The molecular formula is C19H14BrN5O. The molecule has 6 nitrogen and oxygen atoms in total. The third-order valence-electron chi connectivity index (χ3n) is 4.28. The van der Waals surface area contributed by atoms with Gasteiger partial charge in [-0.25, -0.2) is 9.67 Å². The Kier molecular flexibility index (Phi) is 3.98. The number of nitrogens with two attached hydrogens (primary N) is 1. The normalized spacial score (nSPS) is 16.0. The predicted molar refractivity (Wildman–Crippen MR) is 99.9 cm³/mol. The Labute approximate surface area is 158 Å². The van der Waals surface area contributed by atoms with Gasteiger partial charge in [-0.05, 0) is 28.1 Å². The molecule has 3 heterocycles. The van der Waals surface area contributed by atoms with Crippen molar-refractivity contribution in [1.29, 1.82) is 5.26 Å². The molecule has 3 aromatic rings. The Morgan fingerprint density at radius 1 is 1.19 bits per heavy atom. The summed E-state index contributed by atoms with van der Waals surface area (Å²) < 4.78 is 8.07. The number of nitriles is 1. The van der Waals surface area contributed by atoms with Crippen LogP contribution in [0.25, 0.3) is 11.3 Å². The second kappa shape index (κ2) is 6.32. The standard InChI is InChI=1S/C19H14BrN5O/c1-25-19-16(17(24-25)11-6-3-2-4-7-11)15(12(10-21)18(22)26-19)13-8-5-9-14(20)23-13/h2-9,15H,22H2,1H3. The fourth-order valence-corrected chi connectivity index (χ4v) is 3.52. The minimum atomic E-state index is -0.454. The van der Waals surface area contributed by atoms with Crippen LogP contribution in [0.5, 0.6) is 5.88 Å². The van der Waals surface area contributed by atoms with Crippen molar-refractivity contribution in [3.63, 3.8) is 0 Å². The van der Waals surface area contributed by atoms with Crippen LogP contribution in [-0.2, 0) is 7.05 Å². The van der Waals surface area contributed by atoms with Crippen molar-refractivity contribution in [2.75, 3.05) is 0 Å². The molecule has 0 spiro atoms. The van der Waals surface area contributed by atoms with Crippen LogP contribution >= 0.6 is 15.9 Å². The summed E-state index contributed by atoms with van der Waals surface area (Å²) in [6.45, 7) is 0. The number of halogens is 1. The number of hydrogen-bond donors (Lipinski definition) is 1. The lowest BCUT2D eigenvalue weighted by atomic mass is 9.85. The summed E-state index contributed by atoms with van der Waals surface area (Å²) >= 11 is 3.40. The van der Waals surface area contributed by atoms with E-state index in [0.717, 1.165) is 16.8 Å². The third kappa shape index (κ3) is 2.55. The van der Waals surface area contributed by atoms with Crippen LogP contribution in [-0.4, -0.2) is 14.8 Å². The van der Waals surface area contributed by atoms with Gasteiger partial charge in [0.1, 0.15) is 21.9 Å². The molecular weight excluding hydrogens is 394 g/mol. The van der Waals surface area contributed by atoms with E-state index >= 15 is 0 Å². The number of aromatic nitrogens is 3. The predicted octanol–water partition coefficient (Wildman–Crippen LogP) is 3.46. The van der Waals surface area contributed by atoms with Gasteiger partial charge in [-0.2, -0.15) is 10.4 Å². The van der Waals surface area contributed by atoms with Gasteiger partial charge >= 0.3 is 0 Å². The molecule has 128 valence electrons. The van der Waals surface area contributed by atoms with Gasteiger partial charge in [0.05, 0.1) is 17.2 Å². The maximum absolute atomic E-state index is 9.72. The zero-order valence-corrected chi connectivity index (χ0v) is 15.4. The summed E-state index contributed by atoms with van der Waals surface area (Å²) in [5.74, 6) is 0.145. The molecule has 2 aromatic heterocycles. The van der Waals surface area contributed by atoms with Crippen LogP contribution in [0, 0.1) is 11.3 Å². The number of ether oxygens (including phenoxy) is 1. The van der Waals surface area contributed by atoms with E-state index in [1.807, 2.05) is 48.5 Å². The highest BCUT2D eigenvalue weighted by Crippen LogP contribution is 2.46. The highest BCUT2D eigenvalue weighted by molar-refractivity contribution is 9.10. The molecule has 4 rings (SSSR count). The number of allylic oxidation sites excluding steroid dienone is 1. The first-order valence-electron chi connectivity index (χ1n) is 7.92. The number of fused-ring (bicyclic) bond motifs is 1. The molecule has 7 heteroatoms. The van der Waals surface area contributed by atoms with E-state index in [0.29, 0.717) is 21.8 Å². The second-order valence-corrected chi connectivity index (χ2v) is 6.68. The minimum Gasteiger partial charge on any atom is -0.422 e. The molecule has 0 amide bonds. The quantitative estimate of drug-likeness (QED) is 0.656. The molecule has 1 aromatic carbocycles. The monoisotopic (exact) mass is 407 g/mol. The molecule has 0 fully saturated rings. The van der Waals surface area contributed by atoms with Gasteiger partial charge in [-0.3, -0.25) is 0 Å². The number of benzene rings is 1. The van der Waals surface area contributed by atoms with Crippen molar-refractivity contribution in [2.24, 2.45) is 12.8 Å². The van der Waals surface area contributed by atoms with E-state index in [2.05, 4.69) is 32.1 Å². The number of nitrogens with zero attached hydrogens (tertiary/aromatic N) is 4. The molecule has 2 N–H and O–H groups in total. The van der Waals surface area contributed by atoms with Crippen molar-refractivity contribution in [1.82, 2.24) is 14.8 Å². The van der Waals surface area contributed by atoms with Crippen LogP contribution in [0.15, 0.2) is 64.6 Å². The molecule has 1 unspecified atom stereocenters. The molecule has 0 radical (unpaired) electrons. The number of aryl methyl sites for hydroxylation is 1. The average molecular weight is 408 g/mol. The maximum Gasteiger partial charge on any atom is 0.224 e. The topological polar surface area (TPSA) is 89.8 Å². The highest BCUT2D eigenvalue weighted by Gasteiger charge is 2.37. The number of rotatable bonds is 2. The van der Waals surface area contributed by atoms with Gasteiger partial charge in [0.25, 0.3) is 0 Å². The molecule has 0 aliphatic carbocycles. The lowest BCUT2D eigenvalue weighted by Gasteiger charge is -2.24. The molecule has 1 atom stereocenters. The van der Waals surface area contributed by atoms with Crippen molar-refractivity contribution >= 4 is 15.9 Å². The highest BCUT2D eigenvalue weighted by atomic mass is 79.9. The van der Waals surface area contributed by atoms with Crippen molar-refractivity contribution in [2.45, 2.75) is 5.92 Å². The first-order valence-corrected chi connectivity index (χ1v) is 8.71. The van der Waals surface area contributed by atoms with E-state index in [4.69, 9.17) is 10.5 Å². The molecule has 1 aliphatic rings. The van der Waals surface area contributed by atoms with E-state index < -0.39 is 5.92 Å². The average Bonchev–Trinajstić information content (AvgIpc) is 2.97. The van der Waals surface area contributed by atoms with E-state index in [-0.39, 0.29) is 5.88 Å². The summed E-state index contributed by atoms with van der Waals surface area (Å²) in [5.41, 5.74) is 9.54. The van der Waals surface area contributed by atoms with Crippen molar-refractivity contribution in [3.8, 4) is 23.2 Å². The fourth-order valence-electron chi connectivity index (χ4n) is 3.16. The van der Waals surface area contributed by atoms with Crippen LogP contribution in [0.3, 0.4) is 0 Å². The van der Waals surface area contributed by atoms with Gasteiger partial charge in [0.15, 0.2) is 0 Å². The lowest BCUT2D eigenvalue weighted by molar-refractivity contribution is 0.357. The summed E-state index contributed by atoms with van der Waals surface area (Å²) in [7, 11) is 1.79. The maximum atomic E-state index is 9.72. The van der Waals surface area contributed by atoms with Gasteiger partial charge in [0.2, 0.25) is 11.8 Å². The van der Waals surface area contributed by atoms with E-state index in [1.54, 1.807) is 11.7 Å². The first kappa shape index (κ1) is 16.4. The Hall–Kier alpha value is -3.11. The fraction of sp³-hybridized carbons (Fsp3) is 0.105. The molecule has 0 saturated carbocycles. The van der Waals surface area contributed by atoms with Gasteiger partial charge in [-0.1, -0.05) is 36.4 Å². The lowest BCUT2D eigenvalue weighted by Crippen LogP contribution is -2.22. The zero-order valence-electron chi connectivity index (χ0n) is 13.8. The van der Waals surface area contributed by atoms with Gasteiger partial charge < -0.3 is 10.5 Å². The Morgan fingerprint density at radius 2 is 1.96 bits per heavy atom. The smallest absolute Gasteiger partial charge is 0.224 e. The molecule has 1 aliphatic heterocycles. The zero-order chi connectivity index (χ0) is 18.3. The molecule has 0 bridgehead atoms. The number of pyridine rings is 1. The summed E-state index contributed by atoms with van der Waals surface area (Å²) in [4.78, 5) is 4.56. The Morgan fingerprint density at radius 3 is 2.65 bits per heavy atom. The minimum absolute atomic E-state index is 0.0781. The van der Waals surface area contributed by atoms with Crippen molar-refractivity contribution < 1.29 is 4.74 Å². The summed E-state index contributed by atoms with van der Waals surface area (Å²) in [5, 5.41) is 14.3. The Balaban J connectivity index is 2.01. The molecule has 0 saturated heterocycles. The first-order chi connectivity index (χ1) is 12.6. The third-order valence-corrected chi connectivity index (χ3v) is 4.72. The second-order valence-electron chi connectivity index (χ2n) is 5.87. The number of hydrogen-bond acceptors (Lipinski definition) is 5. The van der Waals surface area contributed by atoms with Crippen LogP contribution < -0.4 is 10.5 Å². The molecule has 26 heavy (non-hydrogen) atoms. The van der Waals surface area contributed by atoms with Gasteiger partial charge in [-0.15, -0.1) is 0 Å². The summed E-state index contributed by atoms with van der Waals surface area (Å²) in [6, 6.07) is 17.6. The summed E-state index contributed by atoms with van der Waals surface area (Å²) in [6.07, 6.45) is 0. The van der Waals surface area contributed by atoms with Crippen LogP contribution in [0.2, 0.25) is 0 Å². The van der Waals surface area contributed by atoms with Crippen LogP contribution in [0.4, 0.5) is 0 Å². The SMILES string of the molecule is Cn1nc(-c2ccccc2)c2c1OC(N)=C(C#N)C2c1cccc(Br)n1. The largest absolute Gasteiger partial charge is 0.422 e. The van der Waals surface area contributed by atoms with Crippen LogP contribution in [0.1, 0.15) is 17.2 Å².